The zero-order valence-electron chi connectivity index (χ0n) is 16.2. The summed E-state index contributed by atoms with van der Waals surface area (Å²) in [5, 5.41) is 4.61. The van der Waals surface area contributed by atoms with Gasteiger partial charge in [-0.15, -0.1) is 11.3 Å². The van der Waals surface area contributed by atoms with Crippen LogP contribution >= 0.6 is 11.3 Å². The van der Waals surface area contributed by atoms with E-state index in [0.717, 1.165) is 4.88 Å². The first-order chi connectivity index (χ1) is 13.1. The first kappa shape index (κ1) is 22.1. The number of rotatable bonds is 8. The maximum absolute atomic E-state index is 12.5. The molecule has 7 nitrogen and oxygen atoms in total. The van der Waals surface area contributed by atoms with Gasteiger partial charge in [-0.1, -0.05) is 12.1 Å². The summed E-state index contributed by atoms with van der Waals surface area (Å²) >= 11 is 1.51. The highest BCUT2D eigenvalue weighted by molar-refractivity contribution is 7.89. The zero-order valence-corrected chi connectivity index (χ0v) is 17.8. The molecule has 1 atom stereocenters. The van der Waals surface area contributed by atoms with E-state index in [1.807, 2.05) is 17.5 Å². The van der Waals surface area contributed by atoms with E-state index in [2.05, 4.69) is 10.0 Å². The summed E-state index contributed by atoms with van der Waals surface area (Å²) in [6.45, 7) is 6.91. The molecule has 152 valence electrons. The van der Waals surface area contributed by atoms with Gasteiger partial charge in [0.05, 0.1) is 17.0 Å². The van der Waals surface area contributed by atoms with Crippen molar-refractivity contribution in [1.82, 2.24) is 10.0 Å². The van der Waals surface area contributed by atoms with Crippen LogP contribution in [0.2, 0.25) is 0 Å². The van der Waals surface area contributed by atoms with Gasteiger partial charge in [-0.05, 0) is 56.8 Å². The van der Waals surface area contributed by atoms with Crippen molar-refractivity contribution in [3.8, 4) is 0 Å². The van der Waals surface area contributed by atoms with Crippen molar-refractivity contribution in [3.05, 3.63) is 51.7 Å². The molecule has 0 aliphatic rings. The van der Waals surface area contributed by atoms with Crippen LogP contribution in [-0.2, 0) is 26.1 Å². The van der Waals surface area contributed by atoms with Gasteiger partial charge in [-0.25, -0.2) is 17.9 Å². The summed E-state index contributed by atoms with van der Waals surface area (Å²) in [5.74, 6) is -1.18. The van der Waals surface area contributed by atoms with Crippen molar-refractivity contribution in [3.63, 3.8) is 0 Å². The molecule has 1 aromatic heterocycles. The summed E-state index contributed by atoms with van der Waals surface area (Å²) in [6.07, 6.45) is -1.01. The van der Waals surface area contributed by atoms with Crippen molar-refractivity contribution >= 4 is 33.2 Å². The molecule has 1 heterocycles. The number of thiophene rings is 1. The Kier molecular flexibility index (Phi) is 7.34. The fourth-order valence-electron chi connectivity index (χ4n) is 2.38. The molecule has 0 spiro atoms. The molecule has 2 aromatic rings. The Morgan fingerprint density at radius 1 is 1.18 bits per heavy atom. The number of carbonyl (C=O) groups is 2. The summed E-state index contributed by atoms with van der Waals surface area (Å²) in [5.41, 5.74) is 0.657. The minimum Gasteiger partial charge on any atom is -0.449 e. The van der Waals surface area contributed by atoms with Crippen molar-refractivity contribution in [2.24, 2.45) is 0 Å². The normalized spacial score (nSPS) is 12.6. The molecule has 2 rings (SSSR count). The van der Waals surface area contributed by atoms with E-state index in [9.17, 15) is 18.0 Å². The largest absolute Gasteiger partial charge is 0.449 e. The van der Waals surface area contributed by atoms with E-state index in [1.165, 1.54) is 36.5 Å². The molecule has 0 radical (unpaired) electrons. The van der Waals surface area contributed by atoms with Gasteiger partial charge in [0.1, 0.15) is 0 Å². The Morgan fingerprint density at radius 2 is 1.89 bits per heavy atom. The van der Waals surface area contributed by atoms with Gasteiger partial charge in [0, 0.05) is 10.9 Å². The van der Waals surface area contributed by atoms with Gasteiger partial charge >= 0.3 is 5.97 Å². The lowest BCUT2D eigenvalue weighted by Crippen LogP contribution is -2.35. The molecule has 1 aromatic carbocycles. The van der Waals surface area contributed by atoms with E-state index in [4.69, 9.17) is 4.74 Å². The van der Waals surface area contributed by atoms with Crippen LogP contribution in [0.4, 0.5) is 0 Å². The van der Waals surface area contributed by atoms with Gasteiger partial charge in [-0.2, -0.15) is 0 Å². The van der Waals surface area contributed by atoms with Crippen LogP contribution in [0.25, 0.3) is 0 Å². The molecule has 0 fully saturated rings. The first-order valence-electron chi connectivity index (χ1n) is 8.74. The van der Waals surface area contributed by atoms with Crippen LogP contribution in [0, 0.1) is 6.92 Å². The molecular weight excluding hydrogens is 400 g/mol. The quantitative estimate of drug-likeness (QED) is 0.634. The highest BCUT2D eigenvalue weighted by Gasteiger charge is 2.23. The van der Waals surface area contributed by atoms with E-state index < -0.39 is 28.0 Å². The standard InChI is InChI=1S/C19H24N2O5S2/c1-12(2)21-28(24,25)16-8-7-13(3)17(10-16)19(23)26-14(4)18(22)20-11-15-6-5-9-27-15/h5-10,12,14,21H,11H2,1-4H3,(H,20,22). The van der Waals surface area contributed by atoms with Crippen LogP contribution in [0.1, 0.15) is 41.6 Å². The predicted octanol–water partition coefficient (Wildman–Crippen LogP) is 2.60. The Hall–Kier alpha value is -2.23. The molecule has 1 amide bonds. The maximum Gasteiger partial charge on any atom is 0.339 e. The third-order valence-electron chi connectivity index (χ3n) is 3.80. The molecule has 28 heavy (non-hydrogen) atoms. The number of carbonyl (C=O) groups excluding carboxylic acids is 2. The Balaban J connectivity index is 2.08. The van der Waals surface area contributed by atoms with Gasteiger partial charge < -0.3 is 10.1 Å². The Morgan fingerprint density at radius 3 is 2.50 bits per heavy atom. The Labute approximate surface area is 169 Å². The average molecular weight is 425 g/mol. The fraction of sp³-hybridized carbons (Fsp3) is 0.368. The molecule has 0 aliphatic carbocycles. The summed E-state index contributed by atoms with van der Waals surface area (Å²) in [4.78, 5) is 25.6. The highest BCUT2D eigenvalue weighted by atomic mass is 32.2. The van der Waals surface area contributed by atoms with Crippen molar-refractivity contribution in [2.45, 2.75) is 51.3 Å². The first-order valence-corrected chi connectivity index (χ1v) is 11.1. The lowest BCUT2D eigenvalue weighted by molar-refractivity contribution is -0.129. The SMILES string of the molecule is Cc1ccc(S(=O)(=O)NC(C)C)cc1C(=O)OC(C)C(=O)NCc1cccs1. The number of amides is 1. The number of nitrogens with one attached hydrogen (secondary N) is 2. The third kappa shape index (κ3) is 5.88. The summed E-state index contributed by atoms with van der Waals surface area (Å²) in [6, 6.07) is 7.71. The molecule has 0 bridgehead atoms. The monoisotopic (exact) mass is 424 g/mol. The number of benzene rings is 1. The van der Waals surface area contributed by atoms with Gasteiger partial charge in [0.25, 0.3) is 5.91 Å². The van der Waals surface area contributed by atoms with Crippen LogP contribution in [-0.4, -0.2) is 32.4 Å². The summed E-state index contributed by atoms with van der Waals surface area (Å²) in [7, 11) is -3.75. The molecule has 1 unspecified atom stereocenters. The molecule has 9 heteroatoms. The van der Waals surface area contributed by atoms with E-state index in [0.29, 0.717) is 12.1 Å². The average Bonchev–Trinajstić information content (AvgIpc) is 3.12. The molecule has 0 saturated carbocycles. The van der Waals surface area contributed by atoms with Crippen molar-refractivity contribution in [1.29, 1.82) is 0 Å². The maximum atomic E-state index is 12.5. The second-order valence-electron chi connectivity index (χ2n) is 6.60. The minimum atomic E-state index is -3.75. The predicted molar refractivity (Wildman–Crippen MR) is 108 cm³/mol. The smallest absolute Gasteiger partial charge is 0.339 e. The second kappa shape index (κ2) is 9.31. The van der Waals surface area contributed by atoms with Gasteiger partial charge in [0.2, 0.25) is 10.0 Å². The number of hydrogen-bond acceptors (Lipinski definition) is 6. The Bertz CT molecular complexity index is 937. The lowest BCUT2D eigenvalue weighted by atomic mass is 10.1. The van der Waals surface area contributed by atoms with Crippen LogP contribution < -0.4 is 10.0 Å². The van der Waals surface area contributed by atoms with Crippen LogP contribution in [0.5, 0.6) is 0 Å². The molecule has 2 N–H and O–H groups in total. The highest BCUT2D eigenvalue weighted by Crippen LogP contribution is 2.18. The van der Waals surface area contributed by atoms with Crippen molar-refractivity contribution in [2.75, 3.05) is 0 Å². The van der Waals surface area contributed by atoms with Gasteiger partial charge in [0.15, 0.2) is 6.10 Å². The summed E-state index contributed by atoms with van der Waals surface area (Å²) < 4.78 is 32.4. The van der Waals surface area contributed by atoms with E-state index in [1.54, 1.807) is 20.8 Å². The van der Waals surface area contributed by atoms with Crippen LogP contribution in [0.3, 0.4) is 0 Å². The molecule has 0 aliphatic heterocycles. The topological polar surface area (TPSA) is 102 Å². The number of hydrogen-bond donors (Lipinski definition) is 2. The number of sulfonamides is 1. The molecular formula is C19H24N2O5S2. The van der Waals surface area contributed by atoms with Crippen molar-refractivity contribution < 1.29 is 22.7 Å². The minimum absolute atomic E-state index is 0.0338. The zero-order chi connectivity index (χ0) is 20.9. The van der Waals surface area contributed by atoms with E-state index in [-0.39, 0.29) is 16.5 Å². The van der Waals surface area contributed by atoms with E-state index >= 15 is 0 Å². The van der Waals surface area contributed by atoms with Gasteiger partial charge in [-0.3, -0.25) is 4.79 Å². The number of esters is 1. The third-order valence-corrected chi connectivity index (χ3v) is 6.33. The molecule has 0 saturated heterocycles. The fourth-order valence-corrected chi connectivity index (χ4v) is 4.30. The second-order valence-corrected chi connectivity index (χ2v) is 9.34. The number of aryl methyl sites for hydroxylation is 1. The van der Waals surface area contributed by atoms with Crippen LogP contribution in [0.15, 0.2) is 40.6 Å². The number of ether oxygens (including phenoxy) is 1. The lowest BCUT2D eigenvalue weighted by Gasteiger charge is -2.15.